The number of rotatable bonds is 6. The Bertz CT molecular complexity index is 972. The molecule has 0 saturated heterocycles. The highest BCUT2D eigenvalue weighted by atomic mass is 32.1. The molecule has 3 rings (SSSR count). The fourth-order valence-electron chi connectivity index (χ4n) is 2.96. The molecule has 0 bridgehead atoms. The molecule has 2 atom stereocenters. The van der Waals surface area contributed by atoms with Gasteiger partial charge in [0.1, 0.15) is 29.9 Å². The second kappa shape index (κ2) is 8.60. The van der Waals surface area contributed by atoms with E-state index in [0.717, 1.165) is 11.1 Å². The Hall–Kier alpha value is -2.95. The standard InChI is InChI=1S/C19H20F2N6OS/c1-13(27(22)18(29)25-15-5-3-2-4-6-15)19(28,10-26-12-23-11-24-26)16-8-7-14(20)9-17(16)21/h2-9,11-13,28H,10,22H2,1H3,(H,25,29)/t13-,19-/m1/s1. The predicted octanol–water partition coefficient (Wildman–Crippen LogP) is 2.41. The first-order chi connectivity index (χ1) is 13.8. The fraction of sp³-hybridized carbons (Fsp3) is 0.211. The van der Waals surface area contributed by atoms with Gasteiger partial charge in [0.25, 0.3) is 0 Å². The molecule has 0 radical (unpaired) electrons. The average molecular weight is 418 g/mol. The molecule has 0 amide bonds. The number of nitrogens with zero attached hydrogens (tertiary/aromatic N) is 4. The lowest BCUT2D eigenvalue weighted by Crippen LogP contribution is -2.57. The van der Waals surface area contributed by atoms with E-state index in [1.807, 2.05) is 18.2 Å². The Morgan fingerprint density at radius 2 is 2.03 bits per heavy atom. The van der Waals surface area contributed by atoms with E-state index in [1.54, 1.807) is 19.1 Å². The molecule has 0 spiro atoms. The summed E-state index contributed by atoms with van der Waals surface area (Å²) in [7, 11) is 0. The maximum Gasteiger partial charge on any atom is 0.188 e. The van der Waals surface area contributed by atoms with Crippen molar-refractivity contribution in [1.82, 2.24) is 19.8 Å². The Morgan fingerprint density at radius 3 is 2.66 bits per heavy atom. The van der Waals surface area contributed by atoms with Gasteiger partial charge in [-0.3, -0.25) is 5.01 Å². The second-order valence-electron chi connectivity index (χ2n) is 6.52. The van der Waals surface area contributed by atoms with Gasteiger partial charge in [-0.05, 0) is 37.3 Å². The number of thiocarbonyl (C=S) groups is 1. The molecule has 29 heavy (non-hydrogen) atoms. The summed E-state index contributed by atoms with van der Waals surface area (Å²) < 4.78 is 29.4. The number of anilines is 1. The molecule has 1 aromatic heterocycles. The summed E-state index contributed by atoms with van der Waals surface area (Å²) in [6.07, 6.45) is 2.66. The van der Waals surface area contributed by atoms with Crippen LogP contribution in [-0.2, 0) is 12.1 Å². The zero-order valence-electron chi connectivity index (χ0n) is 15.5. The van der Waals surface area contributed by atoms with Gasteiger partial charge < -0.3 is 10.4 Å². The van der Waals surface area contributed by atoms with Crippen molar-refractivity contribution < 1.29 is 13.9 Å². The molecular weight excluding hydrogens is 398 g/mol. The molecule has 7 nitrogen and oxygen atoms in total. The zero-order chi connectivity index (χ0) is 21.0. The first kappa shape index (κ1) is 20.8. The van der Waals surface area contributed by atoms with Crippen LogP contribution < -0.4 is 11.2 Å². The Morgan fingerprint density at radius 1 is 1.31 bits per heavy atom. The number of benzene rings is 2. The van der Waals surface area contributed by atoms with Crippen molar-refractivity contribution >= 4 is 23.0 Å². The minimum atomic E-state index is -1.90. The van der Waals surface area contributed by atoms with Crippen LogP contribution in [0.15, 0.2) is 61.2 Å². The largest absolute Gasteiger partial charge is 0.381 e. The van der Waals surface area contributed by atoms with Crippen molar-refractivity contribution in [3.8, 4) is 0 Å². The summed E-state index contributed by atoms with van der Waals surface area (Å²) in [5.74, 6) is 4.50. The predicted molar refractivity (Wildman–Crippen MR) is 108 cm³/mol. The maximum atomic E-state index is 14.6. The number of hydrogen-bond donors (Lipinski definition) is 3. The zero-order valence-corrected chi connectivity index (χ0v) is 16.4. The number of para-hydroxylation sites is 1. The van der Waals surface area contributed by atoms with E-state index in [4.69, 9.17) is 18.1 Å². The molecule has 0 aliphatic carbocycles. The number of hydrazine groups is 1. The normalized spacial score (nSPS) is 14.1. The maximum absolute atomic E-state index is 14.6. The van der Waals surface area contributed by atoms with E-state index in [2.05, 4.69) is 15.4 Å². The van der Waals surface area contributed by atoms with E-state index in [0.29, 0.717) is 11.8 Å². The van der Waals surface area contributed by atoms with Gasteiger partial charge in [-0.1, -0.05) is 24.3 Å². The SMILES string of the molecule is C[C@@H](N(N)C(=S)Nc1ccccc1)[C@](O)(Cn1cncn1)c1ccc(F)cc1F. The van der Waals surface area contributed by atoms with Crippen molar-refractivity contribution in [1.29, 1.82) is 0 Å². The van der Waals surface area contributed by atoms with Crippen molar-refractivity contribution in [2.45, 2.75) is 25.1 Å². The average Bonchev–Trinajstić information content (AvgIpc) is 3.20. The van der Waals surface area contributed by atoms with Gasteiger partial charge in [0.2, 0.25) is 0 Å². The molecule has 10 heteroatoms. The monoisotopic (exact) mass is 418 g/mol. The second-order valence-corrected chi connectivity index (χ2v) is 6.91. The summed E-state index contributed by atoms with van der Waals surface area (Å²) in [6.45, 7) is 1.40. The van der Waals surface area contributed by atoms with Crippen LogP contribution in [0.1, 0.15) is 12.5 Å². The summed E-state index contributed by atoms with van der Waals surface area (Å²) in [4.78, 5) is 3.84. The number of halogens is 2. The number of nitrogens with one attached hydrogen (secondary N) is 1. The Kier molecular flexibility index (Phi) is 6.16. The molecule has 4 N–H and O–H groups in total. The summed E-state index contributed by atoms with van der Waals surface area (Å²) in [6, 6.07) is 11.1. The molecule has 0 unspecified atom stereocenters. The molecule has 0 saturated carbocycles. The van der Waals surface area contributed by atoms with Gasteiger partial charge in [0, 0.05) is 17.3 Å². The van der Waals surface area contributed by atoms with Gasteiger partial charge in [-0.2, -0.15) is 5.10 Å². The van der Waals surface area contributed by atoms with E-state index >= 15 is 0 Å². The first-order valence-electron chi connectivity index (χ1n) is 8.71. The van der Waals surface area contributed by atoms with Gasteiger partial charge in [0.05, 0.1) is 12.6 Å². The smallest absolute Gasteiger partial charge is 0.188 e. The molecular formula is C19H20F2N6OS. The van der Waals surface area contributed by atoms with Crippen LogP contribution in [0.3, 0.4) is 0 Å². The summed E-state index contributed by atoms with van der Waals surface area (Å²) >= 11 is 5.35. The number of nitrogens with two attached hydrogens (primary N) is 1. The van der Waals surface area contributed by atoms with Crippen molar-refractivity contribution in [3.63, 3.8) is 0 Å². The van der Waals surface area contributed by atoms with E-state index in [-0.39, 0.29) is 17.2 Å². The van der Waals surface area contributed by atoms with Crippen LogP contribution in [0.4, 0.5) is 14.5 Å². The molecule has 0 fully saturated rings. The number of aliphatic hydroxyl groups is 1. The van der Waals surface area contributed by atoms with Crippen LogP contribution in [0.5, 0.6) is 0 Å². The van der Waals surface area contributed by atoms with E-state index in [9.17, 15) is 13.9 Å². The quantitative estimate of drug-likeness (QED) is 0.322. The van der Waals surface area contributed by atoms with Crippen molar-refractivity contribution in [2.24, 2.45) is 5.84 Å². The minimum Gasteiger partial charge on any atom is -0.381 e. The van der Waals surface area contributed by atoms with Crippen LogP contribution in [0.25, 0.3) is 0 Å². The lowest BCUT2D eigenvalue weighted by Gasteiger charge is -2.40. The van der Waals surface area contributed by atoms with E-state index < -0.39 is 23.3 Å². The van der Waals surface area contributed by atoms with Crippen LogP contribution in [0.2, 0.25) is 0 Å². The topological polar surface area (TPSA) is 92.2 Å². The van der Waals surface area contributed by atoms with Gasteiger partial charge >= 0.3 is 0 Å². The lowest BCUT2D eigenvalue weighted by atomic mass is 9.86. The van der Waals surface area contributed by atoms with Gasteiger partial charge in [-0.15, -0.1) is 0 Å². The third-order valence-corrected chi connectivity index (χ3v) is 4.95. The molecule has 0 aliphatic rings. The number of aromatic nitrogens is 3. The third-order valence-electron chi connectivity index (χ3n) is 4.64. The highest BCUT2D eigenvalue weighted by Crippen LogP contribution is 2.32. The highest BCUT2D eigenvalue weighted by molar-refractivity contribution is 7.80. The number of hydrogen-bond acceptors (Lipinski definition) is 5. The molecule has 152 valence electrons. The first-order valence-corrected chi connectivity index (χ1v) is 9.12. The minimum absolute atomic E-state index is 0.114. The molecule has 2 aromatic carbocycles. The molecule has 1 heterocycles. The fourth-order valence-corrected chi connectivity index (χ4v) is 3.24. The summed E-state index contributed by atoms with van der Waals surface area (Å²) in [5.41, 5.74) is -1.34. The van der Waals surface area contributed by atoms with E-state index in [1.165, 1.54) is 23.4 Å². The van der Waals surface area contributed by atoms with Crippen LogP contribution in [0, 0.1) is 11.6 Å². The van der Waals surface area contributed by atoms with Crippen molar-refractivity contribution in [3.05, 3.63) is 78.4 Å². The molecule has 3 aromatic rings. The highest BCUT2D eigenvalue weighted by Gasteiger charge is 2.42. The van der Waals surface area contributed by atoms with Crippen LogP contribution >= 0.6 is 12.2 Å². The third kappa shape index (κ3) is 4.56. The van der Waals surface area contributed by atoms with Gasteiger partial charge in [-0.25, -0.2) is 24.3 Å². The van der Waals surface area contributed by atoms with Crippen molar-refractivity contribution in [2.75, 3.05) is 5.32 Å². The van der Waals surface area contributed by atoms with Crippen LogP contribution in [-0.4, -0.2) is 36.0 Å². The lowest BCUT2D eigenvalue weighted by molar-refractivity contribution is -0.0457. The molecule has 0 aliphatic heterocycles. The Labute approximate surface area is 171 Å². The Balaban J connectivity index is 1.93. The van der Waals surface area contributed by atoms with Gasteiger partial charge in [0.15, 0.2) is 5.11 Å². The summed E-state index contributed by atoms with van der Waals surface area (Å²) in [5, 5.41) is 19.7.